The molecule has 11 aromatic carbocycles. The van der Waals surface area contributed by atoms with Crippen LogP contribution in [0.1, 0.15) is 70.8 Å². The molecule has 0 fully saturated rings. The number of aryl methyl sites for hydroxylation is 9. The summed E-state index contributed by atoms with van der Waals surface area (Å²) in [6.45, 7) is 26.0. The lowest BCUT2D eigenvalue weighted by atomic mass is 10.2. The van der Waals surface area contributed by atoms with Crippen LogP contribution in [0.4, 0.5) is 0 Å². The maximum atomic E-state index is 6.00. The molecule has 0 aromatic heterocycles. The second-order valence-corrected chi connectivity index (χ2v) is 27.9. The van der Waals surface area contributed by atoms with Gasteiger partial charge in [-0.25, -0.2) is 0 Å². The zero-order valence-corrected chi connectivity index (χ0v) is 66.1. The normalized spacial score (nSPS) is 10.4. The van der Waals surface area contributed by atoms with Crippen molar-refractivity contribution < 1.29 is 67.9 Å². The summed E-state index contributed by atoms with van der Waals surface area (Å²) in [7, 11) is -4.27. The highest BCUT2D eigenvalue weighted by atomic mass is 31.2. The van der Waals surface area contributed by atoms with Gasteiger partial charge in [-0.2, -0.15) is 0 Å². The number of hydrogen-bond acceptors (Lipinski definition) is 16. The smallest absolute Gasteiger partial charge is 0.418 e. The van der Waals surface area contributed by atoms with Crippen LogP contribution in [0.3, 0.4) is 0 Å². The molecule has 0 aliphatic heterocycles. The summed E-state index contributed by atoms with van der Waals surface area (Å²) in [6, 6.07) is 89.5. The van der Waals surface area contributed by atoms with Gasteiger partial charge in [0.05, 0.1) is 19.8 Å². The highest BCUT2D eigenvalue weighted by Crippen LogP contribution is 2.46. The summed E-state index contributed by atoms with van der Waals surface area (Å²) in [6.07, 6.45) is 0. The number of hydrogen-bond donors (Lipinski definition) is 1. The topological polar surface area (TPSA) is 164 Å². The predicted octanol–water partition coefficient (Wildman–Crippen LogP) is 25.0. The van der Waals surface area contributed by atoms with E-state index in [4.69, 9.17) is 67.9 Å². The minimum absolute atomic E-state index is 0.645. The molecule has 104 heavy (non-hydrogen) atoms. The summed E-state index contributed by atoms with van der Waals surface area (Å²) in [5.74, 6) is 7.96. The van der Waals surface area contributed by atoms with Crippen LogP contribution in [0.25, 0.3) is 0 Å². The Kier molecular flexibility index (Phi) is 39.0. The van der Waals surface area contributed by atoms with E-state index in [2.05, 4.69) is 5.73 Å². The molecule has 0 saturated carbocycles. The quantitative estimate of drug-likeness (QED) is 0.0440. The first-order chi connectivity index (χ1) is 50.5. The Labute approximate surface area is 622 Å². The van der Waals surface area contributed by atoms with Crippen molar-refractivity contribution in [2.45, 2.75) is 83.1 Å². The van der Waals surface area contributed by atoms with E-state index in [1.165, 1.54) is 40.4 Å². The average Bonchev–Trinajstić information content (AvgIpc) is 0.881. The van der Waals surface area contributed by atoms with Crippen molar-refractivity contribution in [2.24, 2.45) is 5.73 Å². The number of rotatable bonds is 29. The standard InChI is InChI=1S/3C21H21O3P.C13H13O3P.C6H15O3P.CH5N/c2*1-16-4-10-19(11-5-16)22-25(23-20-12-6-17(2)7-13-20)24-21-14-8-18(3)9-15-21;1-16-7-4-10-19(13-16)22-25(23-20-11-5-8-17(2)14-20)24-21-12-6-9-18(3)15-21;1-14-17(15-12-8-4-2-5-9-12)16-13-10-6-3-7-11-13;1-4-7-10(8-5-2)9-6-3;1-2/h3*4-15H,1-3H3;2-11H,1H3;4-6H2,1-3H3;2H2,1H3. The second kappa shape index (κ2) is 48.2. The fourth-order valence-corrected chi connectivity index (χ4v) is 12.8. The largest absolute Gasteiger partial charge is 0.530 e. The molecule has 0 atom stereocenters. The van der Waals surface area contributed by atoms with Gasteiger partial charge in [-0.15, -0.1) is 0 Å². The summed E-state index contributed by atoms with van der Waals surface area (Å²) in [4.78, 5) is 0. The van der Waals surface area contributed by atoms with Gasteiger partial charge in [0.1, 0.15) is 63.2 Å². The van der Waals surface area contributed by atoms with Crippen LogP contribution in [0.2, 0.25) is 0 Å². The molecule has 11 rings (SSSR count). The molecule has 0 bridgehead atoms. The van der Waals surface area contributed by atoms with Crippen LogP contribution in [-0.4, -0.2) is 34.0 Å². The third kappa shape index (κ3) is 34.2. The van der Waals surface area contributed by atoms with Gasteiger partial charge >= 0.3 is 43.0 Å². The van der Waals surface area contributed by atoms with E-state index in [0.717, 1.165) is 79.9 Å². The third-order valence-corrected chi connectivity index (χ3v) is 19.1. The van der Waals surface area contributed by atoms with Crippen molar-refractivity contribution in [3.05, 3.63) is 329 Å². The monoisotopic (exact) mass is 1500 g/mol. The lowest BCUT2D eigenvalue weighted by Gasteiger charge is -2.18. The van der Waals surface area contributed by atoms with Gasteiger partial charge in [0.15, 0.2) is 0 Å². The molecule has 0 aliphatic rings. The molecule has 0 unspecified atom stereocenters. The van der Waals surface area contributed by atoms with E-state index in [9.17, 15) is 0 Å². The molecule has 11 aromatic rings. The molecular weight excluding hydrogens is 1410 g/mol. The Bertz CT molecular complexity index is 3540. The van der Waals surface area contributed by atoms with Crippen LogP contribution in [-0.2, 0) is 18.1 Å². The molecule has 21 heteroatoms. The van der Waals surface area contributed by atoms with E-state index >= 15 is 0 Å². The summed E-state index contributed by atoms with van der Waals surface area (Å²) < 4.78 is 85.5. The van der Waals surface area contributed by atoms with Crippen molar-refractivity contribution >= 4 is 43.0 Å². The summed E-state index contributed by atoms with van der Waals surface area (Å²) in [5.41, 5.74) is 14.9. The summed E-state index contributed by atoms with van der Waals surface area (Å²) >= 11 is 0. The molecule has 0 heterocycles. The minimum Gasteiger partial charge on any atom is -0.418 e. The Balaban J connectivity index is 0.000000208. The highest BCUT2D eigenvalue weighted by molar-refractivity contribution is 7.44. The number of nitrogens with two attached hydrogens (primary N) is 1. The SMILES string of the molecule is CCOP(OCC)OCC.CN.COP(Oc1ccccc1)Oc1ccccc1.Cc1ccc(OP(Oc2ccc(C)cc2)Oc2ccc(C)cc2)cc1.Cc1ccc(OP(Oc2ccc(C)cc2)Oc2ccc(C)cc2)cc1.Cc1cccc(OP(Oc2cccc(C)c2)Oc2cccc(C)c2)c1. The van der Waals surface area contributed by atoms with Gasteiger partial charge in [-0.05, 0) is 240 Å². The molecule has 548 valence electrons. The fraction of sp³-hybridized carbons (Fsp3) is 0.205. The van der Waals surface area contributed by atoms with Crippen molar-refractivity contribution in [1.82, 2.24) is 0 Å². The third-order valence-electron chi connectivity index (χ3n) is 13.4. The maximum absolute atomic E-state index is 6.00. The summed E-state index contributed by atoms with van der Waals surface area (Å²) in [5, 5.41) is 0. The average molecular weight is 1500 g/mol. The first-order valence-electron chi connectivity index (χ1n) is 33.7. The van der Waals surface area contributed by atoms with Crippen LogP contribution in [0.15, 0.2) is 279 Å². The van der Waals surface area contributed by atoms with E-state index in [1.807, 2.05) is 362 Å². The van der Waals surface area contributed by atoms with Gasteiger partial charge in [0.25, 0.3) is 0 Å². The molecule has 2 N–H and O–H groups in total. The zero-order chi connectivity index (χ0) is 74.7. The van der Waals surface area contributed by atoms with Gasteiger partial charge in [0, 0.05) is 7.11 Å². The molecular formula is C83H96NO15P5. The van der Waals surface area contributed by atoms with E-state index in [-0.39, 0.29) is 0 Å². The first kappa shape index (κ1) is 84.1. The molecule has 16 nitrogen and oxygen atoms in total. The van der Waals surface area contributed by atoms with Crippen LogP contribution in [0, 0.1) is 62.3 Å². The van der Waals surface area contributed by atoms with Gasteiger partial charge in [-0.3, -0.25) is 4.52 Å². The van der Waals surface area contributed by atoms with Gasteiger partial charge < -0.3 is 69.1 Å². The fourth-order valence-electron chi connectivity index (χ4n) is 8.21. The highest BCUT2D eigenvalue weighted by Gasteiger charge is 2.23. The first-order valence-corrected chi connectivity index (χ1v) is 39.1. The number of para-hydroxylation sites is 2. The molecule has 0 radical (unpaired) electrons. The van der Waals surface area contributed by atoms with Crippen LogP contribution >= 0.6 is 43.0 Å². The van der Waals surface area contributed by atoms with Gasteiger partial charge in [0.2, 0.25) is 0 Å². The van der Waals surface area contributed by atoms with Gasteiger partial charge in [-0.1, -0.05) is 179 Å². The molecule has 0 aliphatic carbocycles. The Morgan fingerprint density at radius 3 is 0.577 bits per heavy atom. The number of benzene rings is 11. The van der Waals surface area contributed by atoms with E-state index < -0.39 is 43.0 Å². The lowest BCUT2D eigenvalue weighted by Crippen LogP contribution is -2.02. The molecule has 0 amide bonds. The zero-order valence-electron chi connectivity index (χ0n) is 61.6. The predicted molar refractivity (Wildman–Crippen MR) is 427 cm³/mol. The van der Waals surface area contributed by atoms with Crippen molar-refractivity contribution in [1.29, 1.82) is 0 Å². The van der Waals surface area contributed by atoms with Crippen LogP contribution < -0.4 is 55.5 Å². The van der Waals surface area contributed by atoms with Crippen molar-refractivity contribution in [3.63, 3.8) is 0 Å². The molecule has 0 spiro atoms. The molecule has 0 saturated heterocycles. The minimum atomic E-state index is -1.63. The maximum Gasteiger partial charge on any atom is 0.530 e. The van der Waals surface area contributed by atoms with E-state index in [0.29, 0.717) is 19.8 Å². The lowest BCUT2D eigenvalue weighted by molar-refractivity contribution is 0.176. The Morgan fingerprint density at radius 2 is 0.385 bits per heavy atom. The Morgan fingerprint density at radius 1 is 0.202 bits per heavy atom. The van der Waals surface area contributed by atoms with Crippen molar-refractivity contribution in [2.75, 3.05) is 34.0 Å². The Hall–Kier alpha value is -8.83. The second-order valence-electron chi connectivity index (χ2n) is 22.5. The van der Waals surface area contributed by atoms with E-state index in [1.54, 1.807) is 7.11 Å². The van der Waals surface area contributed by atoms with Crippen molar-refractivity contribution in [3.8, 4) is 63.2 Å². The van der Waals surface area contributed by atoms with Crippen LogP contribution in [0.5, 0.6) is 63.2 Å².